The fourth-order valence-electron chi connectivity index (χ4n) is 6.41. The van der Waals surface area contributed by atoms with Crippen LogP contribution in [-0.4, -0.2) is 80.6 Å². The highest BCUT2D eigenvalue weighted by molar-refractivity contribution is 5.72. The molecule has 0 aromatic carbocycles. The molecule has 0 saturated heterocycles. The maximum atomic E-state index is 12.7. The lowest BCUT2D eigenvalue weighted by atomic mass is 10.1. The molecule has 1 N–H and O–H groups in total. The minimum Gasteiger partial charge on any atom is -0.477 e. The summed E-state index contributed by atoms with van der Waals surface area (Å²) in [4.78, 5) is 37.0. The van der Waals surface area contributed by atoms with Crippen molar-refractivity contribution in [2.75, 3.05) is 41.0 Å². The van der Waals surface area contributed by atoms with Crippen LogP contribution in [0.2, 0.25) is 0 Å². The first-order chi connectivity index (χ1) is 29.1. The Balaban J connectivity index is 4.34. The number of carbonyl (C=O) groups is 3. The fraction of sp³-hybridized carbons (Fsp3) is 0.673. The van der Waals surface area contributed by atoms with Gasteiger partial charge in [0.2, 0.25) is 0 Å². The molecular formula is C52H88NO7+. The van der Waals surface area contributed by atoms with Crippen LogP contribution in [0.1, 0.15) is 174 Å². The normalized spacial score (nSPS) is 13.7. The molecule has 2 atom stereocenters. The summed E-state index contributed by atoms with van der Waals surface area (Å²) in [5.41, 5.74) is 0. The van der Waals surface area contributed by atoms with Crippen molar-refractivity contribution in [3.05, 3.63) is 85.1 Å². The Kier molecular flexibility index (Phi) is 39.8. The summed E-state index contributed by atoms with van der Waals surface area (Å²) < 4.78 is 17.2. The van der Waals surface area contributed by atoms with Crippen molar-refractivity contribution in [1.82, 2.24) is 0 Å². The molecule has 0 rings (SSSR count). The van der Waals surface area contributed by atoms with Crippen molar-refractivity contribution < 1.29 is 38.2 Å². The molecule has 8 nitrogen and oxygen atoms in total. The molecule has 60 heavy (non-hydrogen) atoms. The van der Waals surface area contributed by atoms with E-state index in [1.165, 1.54) is 57.8 Å². The highest BCUT2D eigenvalue weighted by atomic mass is 16.6. The topological polar surface area (TPSA) is 99.1 Å². The van der Waals surface area contributed by atoms with E-state index in [1.54, 1.807) is 0 Å². The molecule has 0 bridgehead atoms. The Hall–Kier alpha value is -3.49. The van der Waals surface area contributed by atoms with Crippen molar-refractivity contribution >= 4 is 17.9 Å². The van der Waals surface area contributed by atoms with Gasteiger partial charge in [0.25, 0.3) is 0 Å². The predicted octanol–water partition coefficient (Wildman–Crippen LogP) is 13.3. The minimum atomic E-state index is -0.887. The zero-order valence-corrected chi connectivity index (χ0v) is 38.9. The van der Waals surface area contributed by atoms with E-state index < -0.39 is 18.1 Å². The summed E-state index contributed by atoms with van der Waals surface area (Å²) in [5.74, 6) is -1.58. The van der Waals surface area contributed by atoms with Gasteiger partial charge in [0.05, 0.1) is 34.4 Å². The van der Waals surface area contributed by atoms with Gasteiger partial charge in [-0.1, -0.05) is 163 Å². The second kappa shape index (κ2) is 42.2. The molecule has 0 aliphatic rings. The Labute approximate surface area is 367 Å². The van der Waals surface area contributed by atoms with Gasteiger partial charge >= 0.3 is 17.9 Å². The van der Waals surface area contributed by atoms with Crippen molar-refractivity contribution in [2.45, 2.75) is 187 Å². The molecule has 0 aromatic rings. The number of quaternary nitrogens is 1. The zero-order chi connectivity index (χ0) is 44.2. The first-order valence-electron chi connectivity index (χ1n) is 23.6. The number of carboxylic acid groups (broad SMARTS) is 1. The fourth-order valence-corrected chi connectivity index (χ4v) is 6.41. The van der Waals surface area contributed by atoms with Gasteiger partial charge in [-0.3, -0.25) is 9.59 Å². The third kappa shape index (κ3) is 39.9. The van der Waals surface area contributed by atoms with E-state index in [2.05, 4.69) is 92.8 Å². The van der Waals surface area contributed by atoms with E-state index in [1.807, 2.05) is 27.2 Å². The number of rotatable bonds is 41. The SMILES string of the molecule is CC/C=C/C/C=C/C/C=C/C/C=C/C/C=C/CCCCCCCCCC(=O)OCC(COCCC(C(=O)O)[N+](C)(C)C)OC(=O)CC/C=C/C/C=C/CCCCCCCC. The minimum absolute atomic E-state index is 0.0306. The molecule has 0 radical (unpaired) electrons. The standard InChI is InChI=1S/C52H87NO7/c1-6-8-10-12-14-16-18-20-21-22-23-24-25-26-27-28-29-31-32-34-36-38-40-42-50(54)59-47-48(46-58-45-44-49(52(56)57)53(3,4)5)60-51(55)43-41-39-37-35-33-30-19-17-15-13-11-9-7-2/h8,10,14,16,20-21,23-24,26-27,30,33,37,39,48-49H,6-7,9,11-13,15,17-19,22,25,28-29,31-32,34-36,38,40-47H2,1-5H3/p+1/b10-8+,16-14+,21-20+,24-23+,27-26+,33-30+,39-37+. The van der Waals surface area contributed by atoms with Crippen molar-refractivity contribution in [2.24, 2.45) is 0 Å². The number of carboxylic acids is 1. The zero-order valence-electron chi connectivity index (χ0n) is 38.9. The van der Waals surface area contributed by atoms with Gasteiger partial charge in [-0.05, 0) is 77.0 Å². The second-order valence-electron chi connectivity index (χ2n) is 16.6. The summed E-state index contributed by atoms with van der Waals surface area (Å²) in [5, 5.41) is 9.62. The molecule has 0 aliphatic carbocycles. The number of carbonyl (C=O) groups excluding carboxylic acids is 2. The average molecular weight is 839 g/mol. The smallest absolute Gasteiger partial charge is 0.362 e. The van der Waals surface area contributed by atoms with Crippen LogP contribution in [0.15, 0.2) is 85.1 Å². The monoisotopic (exact) mass is 839 g/mol. The van der Waals surface area contributed by atoms with Gasteiger partial charge in [0.1, 0.15) is 6.61 Å². The number of ether oxygens (including phenoxy) is 3. The van der Waals surface area contributed by atoms with Crippen LogP contribution in [0.25, 0.3) is 0 Å². The molecule has 2 unspecified atom stereocenters. The molecular weight excluding hydrogens is 751 g/mol. The van der Waals surface area contributed by atoms with Gasteiger partial charge < -0.3 is 23.8 Å². The van der Waals surface area contributed by atoms with Crippen molar-refractivity contribution in [3.8, 4) is 0 Å². The Morgan fingerprint density at radius 1 is 0.517 bits per heavy atom. The molecule has 8 heteroatoms. The van der Waals surface area contributed by atoms with Crippen molar-refractivity contribution in [1.29, 1.82) is 0 Å². The maximum absolute atomic E-state index is 12.7. The van der Waals surface area contributed by atoms with Crippen LogP contribution in [0.5, 0.6) is 0 Å². The highest BCUT2D eigenvalue weighted by Gasteiger charge is 2.31. The van der Waals surface area contributed by atoms with E-state index in [4.69, 9.17) is 14.2 Å². The molecule has 0 amide bonds. The summed E-state index contributed by atoms with van der Waals surface area (Å²) in [6.45, 7) is 4.53. The largest absolute Gasteiger partial charge is 0.477 e. The first kappa shape index (κ1) is 56.5. The summed E-state index contributed by atoms with van der Waals surface area (Å²) in [6.07, 6.45) is 55.0. The third-order valence-electron chi connectivity index (χ3n) is 10.0. The first-order valence-corrected chi connectivity index (χ1v) is 23.6. The maximum Gasteiger partial charge on any atom is 0.362 e. The number of aliphatic carboxylic acids is 1. The number of unbranched alkanes of at least 4 members (excludes halogenated alkanes) is 13. The number of hydrogen-bond acceptors (Lipinski definition) is 6. The van der Waals surface area contributed by atoms with Crippen LogP contribution in [0.3, 0.4) is 0 Å². The Bertz CT molecular complexity index is 1250. The predicted molar refractivity (Wildman–Crippen MR) is 252 cm³/mol. The lowest BCUT2D eigenvalue weighted by Gasteiger charge is -2.31. The molecule has 0 heterocycles. The van der Waals surface area contributed by atoms with Crippen LogP contribution in [0, 0.1) is 0 Å². The van der Waals surface area contributed by atoms with Crippen LogP contribution >= 0.6 is 0 Å². The van der Waals surface area contributed by atoms with E-state index in [0.717, 1.165) is 77.0 Å². The van der Waals surface area contributed by atoms with Gasteiger partial charge in [-0.15, -0.1) is 0 Å². The van der Waals surface area contributed by atoms with Crippen LogP contribution < -0.4 is 0 Å². The number of nitrogens with zero attached hydrogens (tertiary/aromatic N) is 1. The average Bonchev–Trinajstić information content (AvgIpc) is 3.21. The van der Waals surface area contributed by atoms with Crippen LogP contribution in [0.4, 0.5) is 0 Å². The Morgan fingerprint density at radius 3 is 1.45 bits per heavy atom. The van der Waals surface area contributed by atoms with E-state index in [0.29, 0.717) is 19.3 Å². The second-order valence-corrected chi connectivity index (χ2v) is 16.6. The third-order valence-corrected chi connectivity index (χ3v) is 10.0. The van der Waals surface area contributed by atoms with Gasteiger partial charge in [0.15, 0.2) is 12.1 Å². The van der Waals surface area contributed by atoms with Gasteiger partial charge in [-0.25, -0.2) is 4.79 Å². The molecule has 0 fully saturated rings. The summed E-state index contributed by atoms with van der Waals surface area (Å²) in [7, 11) is 5.50. The van der Waals surface area contributed by atoms with E-state index >= 15 is 0 Å². The van der Waals surface area contributed by atoms with Crippen LogP contribution in [-0.2, 0) is 28.6 Å². The quantitative estimate of drug-likeness (QED) is 0.0283. The number of esters is 2. The van der Waals surface area contributed by atoms with Gasteiger partial charge in [0, 0.05) is 19.3 Å². The number of likely N-dealkylation sites (N-methyl/N-ethyl adjacent to an activating group) is 1. The summed E-state index contributed by atoms with van der Waals surface area (Å²) >= 11 is 0. The number of hydrogen-bond donors (Lipinski definition) is 1. The molecule has 342 valence electrons. The van der Waals surface area contributed by atoms with E-state index in [9.17, 15) is 19.5 Å². The Morgan fingerprint density at radius 2 is 0.967 bits per heavy atom. The molecule has 0 saturated carbocycles. The summed E-state index contributed by atoms with van der Waals surface area (Å²) in [6, 6.07) is -0.629. The molecule has 0 spiro atoms. The van der Waals surface area contributed by atoms with Crippen molar-refractivity contribution in [3.63, 3.8) is 0 Å². The number of allylic oxidation sites excluding steroid dienone is 14. The van der Waals surface area contributed by atoms with E-state index in [-0.39, 0.29) is 42.7 Å². The van der Waals surface area contributed by atoms with Gasteiger partial charge in [-0.2, -0.15) is 0 Å². The molecule has 0 aliphatic heterocycles. The highest BCUT2D eigenvalue weighted by Crippen LogP contribution is 2.13. The molecule has 0 aromatic heterocycles. The lowest BCUT2D eigenvalue weighted by molar-refractivity contribution is -0.887. The lowest BCUT2D eigenvalue weighted by Crippen LogP contribution is -2.50.